The number of rotatable bonds is 7. The van der Waals surface area contributed by atoms with E-state index in [-0.39, 0.29) is 11.8 Å². The number of para-hydroxylation sites is 1. The predicted octanol–water partition coefficient (Wildman–Crippen LogP) is 6.59. The van der Waals surface area contributed by atoms with E-state index in [4.69, 9.17) is 9.72 Å². The Kier molecular flexibility index (Phi) is 7.70. The highest BCUT2D eigenvalue weighted by molar-refractivity contribution is 7.11. The molecule has 1 saturated heterocycles. The SMILES string of the molecule is Cc1cc(C(=O)N2CCCCC2)ccc1COc1ccccc1-c1csc(C2=CCC(C(=O)O)CC2)n1. The summed E-state index contributed by atoms with van der Waals surface area (Å²) in [5, 5.41) is 12.2. The molecule has 1 aliphatic heterocycles. The van der Waals surface area contributed by atoms with Crippen LogP contribution in [-0.4, -0.2) is 40.0 Å². The normalized spacial score (nSPS) is 17.8. The second-order valence-corrected chi connectivity index (χ2v) is 10.7. The number of thiazole rings is 1. The molecule has 192 valence electrons. The molecule has 0 bridgehead atoms. The third kappa shape index (κ3) is 5.77. The number of nitrogens with zero attached hydrogens (tertiary/aromatic N) is 2. The monoisotopic (exact) mass is 516 g/mol. The Morgan fingerprint density at radius 3 is 2.68 bits per heavy atom. The van der Waals surface area contributed by atoms with Gasteiger partial charge in [0, 0.05) is 29.6 Å². The number of amides is 1. The summed E-state index contributed by atoms with van der Waals surface area (Å²) in [4.78, 5) is 30.9. The minimum Gasteiger partial charge on any atom is -0.488 e. The molecule has 1 aromatic heterocycles. The molecule has 1 atom stereocenters. The van der Waals surface area contributed by atoms with E-state index in [1.54, 1.807) is 11.3 Å². The molecular weight excluding hydrogens is 484 g/mol. The summed E-state index contributed by atoms with van der Waals surface area (Å²) in [6.07, 6.45) is 7.33. The van der Waals surface area contributed by atoms with Crippen molar-refractivity contribution >= 4 is 28.8 Å². The lowest BCUT2D eigenvalue weighted by atomic mass is 9.90. The van der Waals surface area contributed by atoms with Crippen LogP contribution in [0.2, 0.25) is 0 Å². The van der Waals surface area contributed by atoms with E-state index >= 15 is 0 Å². The van der Waals surface area contributed by atoms with E-state index in [2.05, 4.69) is 0 Å². The molecule has 2 aliphatic rings. The van der Waals surface area contributed by atoms with Crippen LogP contribution in [0.15, 0.2) is 53.9 Å². The number of hydrogen-bond acceptors (Lipinski definition) is 5. The first-order valence-electron chi connectivity index (χ1n) is 13.0. The standard InChI is InChI=1S/C30H32N2O4S/c1-20-17-23(29(33)32-15-5-2-6-16-32)13-14-24(20)18-36-27-8-4-3-7-25(27)26-19-37-28(31-26)21-9-11-22(12-10-21)30(34)35/h3-4,7-9,13-14,17,19,22H,2,5-6,10-12,15-16,18H2,1H3,(H,34,35). The van der Waals surface area contributed by atoms with Crippen LogP contribution >= 0.6 is 11.3 Å². The Morgan fingerprint density at radius 1 is 1.14 bits per heavy atom. The van der Waals surface area contributed by atoms with Gasteiger partial charge in [0.2, 0.25) is 0 Å². The fraction of sp³-hybridized carbons (Fsp3) is 0.367. The number of aliphatic carboxylic acids is 1. The first kappa shape index (κ1) is 25.2. The van der Waals surface area contributed by atoms with E-state index < -0.39 is 5.97 Å². The maximum atomic E-state index is 12.9. The molecule has 1 amide bonds. The van der Waals surface area contributed by atoms with E-state index in [9.17, 15) is 14.7 Å². The first-order chi connectivity index (χ1) is 18.0. The van der Waals surface area contributed by atoms with Gasteiger partial charge in [0.25, 0.3) is 5.91 Å². The molecule has 6 nitrogen and oxygen atoms in total. The molecule has 1 fully saturated rings. The Morgan fingerprint density at radius 2 is 1.95 bits per heavy atom. The van der Waals surface area contributed by atoms with Gasteiger partial charge in [-0.05, 0) is 86.4 Å². The van der Waals surface area contributed by atoms with Crippen LogP contribution < -0.4 is 4.74 Å². The average molecular weight is 517 g/mol. The minimum absolute atomic E-state index is 0.117. The van der Waals surface area contributed by atoms with E-state index in [1.807, 2.05) is 65.7 Å². The fourth-order valence-electron chi connectivity index (χ4n) is 5.03. The summed E-state index contributed by atoms with van der Waals surface area (Å²) >= 11 is 1.58. The maximum absolute atomic E-state index is 12.9. The number of allylic oxidation sites excluding steroid dienone is 2. The smallest absolute Gasteiger partial charge is 0.306 e. The summed E-state index contributed by atoms with van der Waals surface area (Å²) in [7, 11) is 0. The number of hydrogen-bond donors (Lipinski definition) is 1. The molecular formula is C30H32N2O4S. The van der Waals surface area contributed by atoms with Crippen molar-refractivity contribution in [3.05, 3.63) is 75.6 Å². The summed E-state index contributed by atoms with van der Waals surface area (Å²) in [5.74, 6) is -0.139. The Hall–Kier alpha value is -3.45. The molecule has 1 aliphatic carbocycles. The quantitative estimate of drug-likeness (QED) is 0.383. The van der Waals surface area contributed by atoms with Crippen molar-refractivity contribution in [2.24, 2.45) is 5.92 Å². The van der Waals surface area contributed by atoms with Gasteiger partial charge in [-0.3, -0.25) is 9.59 Å². The molecule has 0 radical (unpaired) electrons. The van der Waals surface area contributed by atoms with Crippen LogP contribution in [0.25, 0.3) is 16.8 Å². The average Bonchev–Trinajstić information content (AvgIpc) is 3.43. The highest BCUT2D eigenvalue weighted by Gasteiger charge is 2.23. The number of carboxylic acids is 1. The third-order valence-corrected chi connectivity index (χ3v) is 8.24. The van der Waals surface area contributed by atoms with Gasteiger partial charge in [0.05, 0.1) is 11.6 Å². The number of likely N-dealkylation sites (tertiary alicyclic amines) is 1. The molecule has 5 rings (SSSR count). The molecule has 1 unspecified atom stereocenters. The van der Waals surface area contributed by atoms with Gasteiger partial charge in [-0.15, -0.1) is 11.3 Å². The lowest BCUT2D eigenvalue weighted by molar-refractivity contribution is -0.141. The highest BCUT2D eigenvalue weighted by atomic mass is 32.1. The van der Waals surface area contributed by atoms with Gasteiger partial charge in [-0.25, -0.2) is 4.98 Å². The van der Waals surface area contributed by atoms with Crippen molar-refractivity contribution in [3.63, 3.8) is 0 Å². The van der Waals surface area contributed by atoms with Gasteiger partial charge in [-0.2, -0.15) is 0 Å². The van der Waals surface area contributed by atoms with Crippen LogP contribution in [0.1, 0.15) is 65.0 Å². The van der Waals surface area contributed by atoms with Crippen molar-refractivity contribution < 1.29 is 19.4 Å². The highest BCUT2D eigenvalue weighted by Crippen LogP contribution is 2.36. The lowest BCUT2D eigenvalue weighted by Gasteiger charge is -2.27. The van der Waals surface area contributed by atoms with E-state index in [0.29, 0.717) is 19.4 Å². The van der Waals surface area contributed by atoms with Crippen LogP contribution in [0.3, 0.4) is 0 Å². The zero-order valence-electron chi connectivity index (χ0n) is 21.1. The lowest BCUT2D eigenvalue weighted by Crippen LogP contribution is -2.35. The van der Waals surface area contributed by atoms with E-state index in [0.717, 1.165) is 76.6 Å². The van der Waals surface area contributed by atoms with Crippen LogP contribution in [0, 0.1) is 12.8 Å². The molecule has 2 heterocycles. The second kappa shape index (κ2) is 11.3. The second-order valence-electron chi connectivity index (χ2n) is 9.86. The molecule has 2 aromatic carbocycles. The van der Waals surface area contributed by atoms with Crippen molar-refractivity contribution in [1.82, 2.24) is 9.88 Å². The number of carbonyl (C=O) groups excluding carboxylic acids is 1. The van der Waals surface area contributed by atoms with Gasteiger partial charge < -0.3 is 14.7 Å². The fourth-order valence-corrected chi connectivity index (χ4v) is 5.92. The van der Waals surface area contributed by atoms with Gasteiger partial charge >= 0.3 is 5.97 Å². The van der Waals surface area contributed by atoms with Crippen molar-refractivity contribution in [3.8, 4) is 17.0 Å². The Labute approximate surface area is 221 Å². The predicted molar refractivity (Wildman–Crippen MR) is 146 cm³/mol. The largest absolute Gasteiger partial charge is 0.488 e. The van der Waals surface area contributed by atoms with Crippen molar-refractivity contribution in [2.45, 2.75) is 52.1 Å². The molecule has 37 heavy (non-hydrogen) atoms. The minimum atomic E-state index is -0.723. The number of aromatic nitrogens is 1. The van der Waals surface area contributed by atoms with Crippen LogP contribution in [-0.2, 0) is 11.4 Å². The summed E-state index contributed by atoms with van der Waals surface area (Å²) < 4.78 is 6.26. The van der Waals surface area contributed by atoms with Crippen LogP contribution in [0.4, 0.5) is 0 Å². The molecule has 7 heteroatoms. The number of piperidine rings is 1. The van der Waals surface area contributed by atoms with Gasteiger partial charge in [0.15, 0.2) is 0 Å². The zero-order valence-corrected chi connectivity index (χ0v) is 21.9. The first-order valence-corrected chi connectivity index (χ1v) is 13.9. The van der Waals surface area contributed by atoms with Gasteiger partial charge in [0.1, 0.15) is 17.4 Å². The van der Waals surface area contributed by atoms with E-state index in [1.165, 1.54) is 6.42 Å². The summed E-state index contributed by atoms with van der Waals surface area (Å²) in [5.41, 5.74) is 5.74. The molecule has 1 N–H and O–H groups in total. The Bertz CT molecular complexity index is 1320. The number of carboxylic acid groups (broad SMARTS) is 1. The van der Waals surface area contributed by atoms with Crippen molar-refractivity contribution in [2.75, 3.05) is 13.1 Å². The van der Waals surface area contributed by atoms with Crippen LogP contribution in [0.5, 0.6) is 5.75 Å². The van der Waals surface area contributed by atoms with Crippen molar-refractivity contribution in [1.29, 1.82) is 0 Å². The molecule has 0 spiro atoms. The maximum Gasteiger partial charge on any atom is 0.306 e. The number of benzene rings is 2. The molecule has 3 aromatic rings. The summed E-state index contributed by atoms with van der Waals surface area (Å²) in [6, 6.07) is 13.8. The summed E-state index contributed by atoms with van der Waals surface area (Å²) in [6.45, 7) is 4.12. The zero-order chi connectivity index (χ0) is 25.8. The number of aryl methyl sites for hydroxylation is 1. The number of carbonyl (C=O) groups is 2. The Balaban J connectivity index is 1.27. The number of ether oxygens (including phenoxy) is 1. The third-order valence-electron chi connectivity index (χ3n) is 7.32. The molecule has 0 saturated carbocycles. The topological polar surface area (TPSA) is 79.7 Å². The van der Waals surface area contributed by atoms with Gasteiger partial charge in [-0.1, -0.05) is 24.3 Å².